The molecule has 0 fully saturated rings. The van der Waals surface area contributed by atoms with Gasteiger partial charge < -0.3 is 15.0 Å². The molecule has 0 radical (unpaired) electrons. The molecule has 1 heterocycles. The lowest BCUT2D eigenvalue weighted by Crippen LogP contribution is -2.14. The number of hydrogen-bond acceptors (Lipinski definition) is 5. The first-order valence-electron chi connectivity index (χ1n) is 6.06. The van der Waals surface area contributed by atoms with Crippen molar-refractivity contribution < 1.29 is 9.53 Å². The van der Waals surface area contributed by atoms with Gasteiger partial charge in [0.15, 0.2) is 5.69 Å². The fourth-order valence-corrected chi connectivity index (χ4v) is 1.59. The molecule has 1 aromatic heterocycles. The summed E-state index contributed by atoms with van der Waals surface area (Å²) in [6, 6.07) is 10.7. The van der Waals surface area contributed by atoms with Gasteiger partial charge in [0.1, 0.15) is 0 Å². The molecule has 1 amide bonds. The van der Waals surface area contributed by atoms with E-state index in [4.69, 9.17) is 4.74 Å². The zero-order chi connectivity index (χ0) is 14.5. The van der Waals surface area contributed by atoms with Crippen LogP contribution >= 0.6 is 0 Å². The number of benzene rings is 1. The summed E-state index contributed by atoms with van der Waals surface area (Å²) in [4.78, 5) is 14.0. The smallest absolute Gasteiger partial charge is 0.276 e. The highest BCUT2D eigenvalue weighted by molar-refractivity contribution is 6.02. The van der Waals surface area contributed by atoms with E-state index < -0.39 is 0 Å². The zero-order valence-corrected chi connectivity index (χ0v) is 11.6. The number of carbonyl (C=O) groups is 1. The van der Waals surface area contributed by atoms with Crippen molar-refractivity contribution in [1.29, 1.82) is 0 Å². The third kappa shape index (κ3) is 3.23. The van der Waals surface area contributed by atoms with Crippen molar-refractivity contribution in [2.75, 3.05) is 31.4 Å². The van der Waals surface area contributed by atoms with Crippen molar-refractivity contribution in [2.45, 2.75) is 0 Å². The van der Waals surface area contributed by atoms with Crippen LogP contribution in [0, 0.1) is 0 Å². The average Bonchev–Trinajstić information content (AvgIpc) is 2.48. The minimum Gasteiger partial charge on any atom is -0.480 e. The molecule has 20 heavy (non-hydrogen) atoms. The van der Waals surface area contributed by atoms with Crippen LogP contribution in [0.3, 0.4) is 0 Å². The predicted octanol–water partition coefficient (Wildman–Crippen LogP) is 1.80. The first kappa shape index (κ1) is 13.8. The van der Waals surface area contributed by atoms with Crippen LogP contribution in [-0.4, -0.2) is 37.3 Å². The van der Waals surface area contributed by atoms with Crippen LogP contribution in [0.1, 0.15) is 10.5 Å². The third-order valence-corrected chi connectivity index (χ3v) is 2.72. The Morgan fingerprint density at radius 3 is 2.30 bits per heavy atom. The van der Waals surface area contributed by atoms with Gasteiger partial charge in [0.25, 0.3) is 5.91 Å². The van der Waals surface area contributed by atoms with E-state index in [0.29, 0.717) is 11.6 Å². The number of carbonyl (C=O) groups excluding carboxylic acids is 1. The molecule has 0 aliphatic heterocycles. The second kappa shape index (κ2) is 6.01. The number of nitrogens with one attached hydrogen (secondary N) is 1. The van der Waals surface area contributed by atoms with E-state index in [-0.39, 0.29) is 11.6 Å². The highest BCUT2D eigenvalue weighted by Crippen LogP contribution is 2.16. The molecule has 2 rings (SSSR count). The summed E-state index contributed by atoms with van der Waals surface area (Å²) >= 11 is 0. The van der Waals surface area contributed by atoms with Crippen LogP contribution in [0.5, 0.6) is 5.88 Å². The minimum atomic E-state index is -0.308. The summed E-state index contributed by atoms with van der Waals surface area (Å²) in [5, 5.41) is 10.3. The van der Waals surface area contributed by atoms with Crippen LogP contribution in [0.2, 0.25) is 0 Å². The lowest BCUT2D eigenvalue weighted by molar-refractivity contribution is 0.102. The maximum absolute atomic E-state index is 12.0. The average molecular weight is 272 g/mol. The Kier molecular flexibility index (Phi) is 4.14. The lowest BCUT2D eigenvalue weighted by Gasteiger charge is -2.12. The van der Waals surface area contributed by atoms with E-state index in [1.54, 1.807) is 12.1 Å². The van der Waals surface area contributed by atoms with Crippen molar-refractivity contribution in [2.24, 2.45) is 0 Å². The number of anilines is 2. The Morgan fingerprint density at radius 1 is 1.10 bits per heavy atom. The Morgan fingerprint density at radius 2 is 1.80 bits per heavy atom. The monoisotopic (exact) mass is 272 g/mol. The maximum atomic E-state index is 12.0. The van der Waals surface area contributed by atoms with Gasteiger partial charge in [0.2, 0.25) is 5.88 Å². The van der Waals surface area contributed by atoms with Crippen molar-refractivity contribution in [3.63, 3.8) is 0 Å². The standard InChI is InChI=1S/C14H16N4O2/c1-18(2)11-6-4-10(5-7-11)15-14(19)12-8-9-13(20-3)17-16-12/h4-9H,1-3H3,(H,15,19). The molecule has 0 aliphatic rings. The number of ether oxygens (including phenoxy) is 1. The van der Waals surface area contributed by atoms with Crippen LogP contribution in [0.4, 0.5) is 11.4 Å². The van der Waals surface area contributed by atoms with Gasteiger partial charge in [-0.1, -0.05) is 0 Å². The first-order chi connectivity index (χ1) is 9.60. The molecule has 0 saturated carbocycles. The molecule has 2 aromatic rings. The molecule has 0 bridgehead atoms. The number of amides is 1. The molecule has 104 valence electrons. The van der Waals surface area contributed by atoms with Gasteiger partial charge in [-0.3, -0.25) is 4.79 Å². The molecule has 1 aromatic carbocycles. The molecule has 6 heteroatoms. The quantitative estimate of drug-likeness (QED) is 0.919. The summed E-state index contributed by atoms with van der Waals surface area (Å²) < 4.78 is 4.89. The van der Waals surface area contributed by atoms with E-state index in [0.717, 1.165) is 5.69 Å². The molecule has 6 nitrogen and oxygen atoms in total. The molecule has 0 spiro atoms. The van der Waals surface area contributed by atoms with Gasteiger partial charge in [-0.05, 0) is 30.3 Å². The molecular formula is C14H16N4O2. The van der Waals surface area contributed by atoms with Gasteiger partial charge in [0.05, 0.1) is 7.11 Å². The Bertz CT molecular complexity index is 579. The normalized spacial score (nSPS) is 9.95. The van der Waals surface area contributed by atoms with E-state index in [1.807, 2.05) is 43.3 Å². The summed E-state index contributed by atoms with van der Waals surface area (Å²) in [6.45, 7) is 0. The molecule has 0 aliphatic carbocycles. The maximum Gasteiger partial charge on any atom is 0.276 e. The van der Waals surface area contributed by atoms with Crippen molar-refractivity contribution in [3.8, 4) is 5.88 Å². The SMILES string of the molecule is COc1ccc(C(=O)Nc2ccc(N(C)C)cc2)nn1. The number of nitrogens with zero attached hydrogens (tertiary/aromatic N) is 3. The van der Waals surface area contributed by atoms with Gasteiger partial charge in [-0.15, -0.1) is 10.2 Å². The highest BCUT2D eigenvalue weighted by atomic mass is 16.5. The summed E-state index contributed by atoms with van der Waals surface area (Å²) in [5.74, 6) is 0.0645. The Balaban J connectivity index is 2.06. The van der Waals surface area contributed by atoms with Crippen molar-refractivity contribution in [3.05, 3.63) is 42.1 Å². The van der Waals surface area contributed by atoms with E-state index in [2.05, 4.69) is 15.5 Å². The summed E-state index contributed by atoms with van der Waals surface area (Å²) in [7, 11) is 5.41. The fraction of sp³-hybridized carbons (Fsp3) is 0.214. The van der Waals surface area contributed by atoms with Gasteiger partial charge in [-0.25, -0.2) is 0 Å². The zero-order valence-electron chi connectivity index (χ0n) is 11.6. The number of methoxy groups -OCH3 is 1. The Hall–Kier alpha value is -2.63. The molecule has 0 unspecified atom stereocenters. The lowest BCUT2D eigenvalue weighted by atomic mass is 10.2. The molecule has 0 atom stereocenters. The highest BCUT2D eigenvalue weighted by Gasteiger charge is 2.08. The third-order valence-electron chi connectivity index (χ3n) is 2.72. The van der Waals surface area contributed by atoms with Gasteiger partial charge in [-0.2, -0.15) is 0 Å². The van der Waals surface area contributed by atoms with Crippen molar-refractivity contribution in [1.82, 2.24) is 10.2 Å². The summed E-state index contributed by atoms with van der Waals surface area (Å²) in [5.41, 5.74) is 2.01. The molecule has 1 N–H and O–H groups in total. The van der Waals surface area contributed by atoms with Gasteiger partial charge >= 0.3 is 0 Å². The predicted molar refractivity (Wildman–Crippen MR) is 77.3 cm³/mol. The first-order valence-corrected chi connectivity index (χ1v) is 6.06. The largest absolute Gasteiger partial charge is 0.480 e. The van der Waals surface area contributed by atoms with E-state index in [1.165, 1.54) is 7.11 Å². The number of rotatable bonds is 4. The van der Waals surface area contributed by atoms with E-state index >= 15 is 0 Å². The second-order valence-corrected chi connectivity index (χ2v) is 4.36. The van der Waals surface area contributed by atoms with Crippen molar-refractivity contribution >= 4 is 17.3 Å². The summed E-state index contributed by atoms with van der Waals surface area (Å²) in [6.07, 6.45) is 0. The van der Waals surface area contributed by atoms with Crippen LogP contribution in [0.15, 0.2) is 36.4 Å². The fourth-order valence-electron chi connectivity index (χ4n) is 1.59. The van der Waals surface area contributed by atoms with Crippen LogP contribution in [0.25, 0.3) is 0 Å². The van der Waals surface area contributed by atoms with Crippen LogP contribution < -0.4 is 15.0 Å². The number of aromatic nitrogens is 2. The van der Waals surface area contributed by atoms with Crippen LogP contribution in [-0.2, 0) is 0 Å². The second-order valence-electron chi connectivity index (χ2n) is 4.36. The number of hydrogen-bond donors (Lipinski definition) is 1. The Labute approximate surface area is 117 Å². The molecular weight excluding hydrogens is 256 g/mol. The minimum absolute atomic E-state index is 0.238. The van der Waals surface area contributed by atoms with E-state index in [9.17, 15) is 4.79 Å². The van der Waals surface area contributed by atoms with Gasteiger partial charge in [0, 0.05) is 31.5 Å². The topological polar surface area (TPSA) is 67.3 Å². The molecule has 0 saturated heterocycles.